The molecule has 0 amide bonds. The highest BCUT2D eigenvalue weighted by atomic mass is 32.2. The monoisotopic (exact) mass is 463 g/mol. The molecule has 0 aromatic heterocycles. The molecule has 11 heteroatoms. The summed E-state index contributed by atoms with van der Waals surface area (Å²) < 4.78 is 44.8. The molecule has 0 aliphatic rings. The lowest BCUT2D eigenvalue weighted by molar-refractivity contribution is -0.203. The van der Waals surface area contributed by atoms with Gasteiger partial charge in [0.25, 0.3) is 10.1 Å². The van der Waals surface area contributed by atoms with Crippen molar-refractivity contribution in [3.8, 4) is 0 Å². The normalized spacial score (nSPS) is 12.1. The van der Waals surface area contributed by atoms with Crippen LogP contribution in [0.3, 0.4) is 0 Å². The zero-order valence-corrected chi connectivity index (χ0v) is 19.4. The molecule has 31 heavy (non-hydrogen) atoms. The van der Waals surface area contributed by atoms with Crippen LogP contribution in [0.25, 0.3) is 0 Å². The minimum Gasteiger partial charge on any atom is -0.377 e. The van der Waals surface area contributed by atoms with Gasteiger partial charge in [0.2, 0.25) is 0 Å². The average molecular weight is 464 g/mol. The van der Waals surface area contributed by atoms with Crippen molar-refractivity contribution in [2.45, 2.75) is 32.6 Å². The van der Waals surface area contributed by atoms with Gasteiger partial charge in [-0.3, -0.25) is 9.02 Å². The van der Waals surface area contributed by atoms with Crippen LogP contribution in [0.4, 0.5) is 0 Å². The second kappa shape index (κ2) is 14.5. The largest absolute Gasteiger partial charge is 0.377 e. The van der Waals surface area contributed by atoms with E-state index in [1.54, 1.807) is 32.9 Å². The van der Waals surface area contributed by atoms with Gasteiger partial charge < -0.3 is 19.0 Å². The van der Waals surface area contributed by atoms with Gasteiger partial charge in [0.05, 0.1) is 63.2 Å². The summed E-state index contributed by atoms with van der Waals surface area (Å²) in [6.07, 6.45) is 0. The Hall–Kier alpha value is -1.60. The molecule has 1 rings (SSSR count). The molecule has 1 aromatic carbocycles. The van der Waals surface area contributed by atoms with Gasteiger partial charge in [0, 0.05) is 0 Å². The van der Waals surface area contributed by atoms with Crippen molar-refractivity contribution in [3.05, 3.63) is 29.8 Å². The van der Waals surface area contributed by atoms with Gasteiger partial charge in [-0.15, -0.1) is 0 Å². The number of hydrogen-bond acceptors (Lipinski definition) is 10. The fourth-order valence-electron chi connectivity index (χ4n) is 1.88. The van der Waals surface area contributed by atoms with Crippen LogP contribution in [-0.4, -0.2) is 67.2 Å². The number of benzene rings is 1. The van der Waals surface area contributed by atoms with Crippen molar-refractivity contribution in [1.29, 1.82) is 0 Å². The quantitative estimate of drug-likeness (QED) is 0.221. The zero-order valence-electron chi connectivity index (χ0n) is 18.5. The Morgan fingerprint density at radius 2 is 1.32 bits per heavy atom. The van der Waals surface area contributed by atoms with Crippen LogP contribution in [0.1, 0.15) is 26.3 Å². The van der Waals surface area contributed by atoms with Crippen LogP contribution < -0.4 is 5.64 Å². The molecule has 0 atom stereocenters. The lowest BCUT2D eigenvalue weighted by atomic mass is 9.98. The summed E-state index contributed by atoms with van der Waals surface area (Å²) in [6, 6.07) is 6.43. The lowest BCUT2D eigenvalue weighted by Crippen LogP contribution is -2.30. The van der Waals surface area contributed by atoms with Gasteiger partial charge in [-0.25, -0.2) is 4.79 Å². The lowest BCUT2D eigenvalue weighted by Gasteiger charge is -2.15. The number of nitrogens with one attached hydrogen (secondary N) is 1. The second-order valence-electron chi connectivity index (χ2n) is 7.50. The van der Waals surface area contributed by atoms with E-state index >= 15 is 0 Å². The van der Waals surface area contributed by atoms with Crippen molar-refractivity contribution >= 4 is 16.1 Å². The van der Waals surface area contributed by atoms with Crippen LogP contribution in [-0.2, 0) is 43.0 Å². The molecule has 0 bridgehead atoms. The molecule has 0 fully saturated rings. The highest BCUT2D eigenvalue weighted by Crippen LogP contribution is 2.14. The van der Waals surface area contributed by atoms with Crippen molar-refractivity contribution in [1.82, 2.24) is 5.64 Å². The first-order chi connectivity index (χ1) is 14.6. The first-order valence-corrected chi connectivity index (χ1v) is 11.3. The highest BCUT2D eigenvalue weighted by molar-refractivity contribution is 7.86. The molecule has 0 aliphatic carbocycles. The third kappa shape index (κ3) is 12.8. The fourth-order valence-corrected chi connectivity index (χ4v) is 2.77. The minimum atomic E-state index is -3.77. The predicted octanol–water partition coefficient (Wildman–Crippen LogP) is 1.78. The number of carbonyl (C=O) groups is 1. The molecule has 0 unspecified atom stereocenters. The molecule has 10 nitrogen and oxygen atoms in total. The Bertz CT molecular complexity index is 730. The van der Waals surface area contributed by atoms with Gasteiger partial charge >= 0.3 is 5.97 Å². The Kier molecular flexibility index (Phi) is 12.8. The van der Waals surface area contributed by atoms with Gasteiger partial charge in [0.1, 0.15) is 0 Å². The maximum Gasteiger partial charge on any atom is 0.333 e. The number of hydrogen-bond donors (Lipinski definition) is 1. The highest BCUT2D eigenvalue weighted by Gasteiger charge is 2.23. The average Bonchev–Trinajstić information content (AvgIpc) is 2.70. The van der Waals surface area contributed by atoms with E-state index in [1.807, 2.05) is 6.92 Å². The Morgan fingerprint density at radius 1 is 0.839 bits per heavy atom. The van der Waals surface area contributed by atoms with Gasteiger partial charge in [-0.1, -0.05) is 17.7 Å². The van der Waals surface area contributed by atoms with Crippen molar-refractivity contribution < 1.29 is 41.3 Å². The van der Waals surface area contributed by atoms with Crippen LogP contribution in [0, 0.1) is 12.3 Å². The predicted molar refractivity (Wildman–Crippen MR) is 111 cm³/mol. The van der Waals surface area contributed by atoms with E-state index < -0.39 is 21.5 Å². The molecular formula is C20H33NO9S. The van der Waals surface area contributed by atoms with E-state index in [2.05, 4.69) is 5.64 Å². The van der Waals surface area contributed by atoms with Gasteiger partial charge in [-0.2, -0.15) is 8.42 Å². The van der Waals surface area contributed by atoms with Crippen LogP contribution in [0.5, 0.6) is 0 Å². The maximum atomic E-state index is 12.0. The summed E-state index contributed by atoms with van der Waals surface area (Å²) in [6.45, 7) is 9.02. The summed E-state index contributed by atoms with van der Waals surface area (Å²) in [7, 11) is -3.77. The van der Waals surface area contributed by atoms with Crippen molar-refractivity contribution in [3.63, 3.8) is 0 Å². The fraction of sp³-hybridized carbons (Fsp3) is 0.650. The molecule has 0 saturated carbocycles. The van der Waals surface area contributed by atoms with Crippen LogP contribution in [0.2, 0.25) is 0 Å². The van der Waals surface area contributed by atoms with Gasteiger partial charge in [0.15, 0.2) is 0 Å². The van der Waals surface area contributed by atoms with E-state index in [0.29, 0.717) is 33.0 Å². The number of aryl methyl sites for hydroxylation is 1. The molecule has 1 aromatic rings. The Labute approximate surface area is 184 Å². The third-order valence-corrected chi connectivity index (χ3v) is 4.98. The number of rotatable bonds is 16. The standard InChI is InChI=1S/C20H33NO9S/c1-17-5-7-18(8-6-17)31(23,24)29-16-14-27-12-10-25-9-11-26-13-15-28-21-30-19(22)20(2,3)4/h5-8,21H,9-16H2,1-4H3. The SMILES string of the molecule is Cc1ccc(S(=O)(=O)OCCOCCOCCOCCONOC(=O)C(C)(C)C)cc1. The minimum absolute atomic E-state index is 0.0710. The summed E-state index contributed by atoms with van der Waals surface area (Å²) in [4.78, 5) is 21.2. The van der Waals surface area contributed by atoms with Crippen molar-refractivity contribution in [2.24, 2.45) is 5.41 Å². The maximum absolute atomic E-state index is 12.0. The topological polar surface area (TPSA) is 119 Å². The van der Waals surface area contributed by atoms with Crippen LogP contribution in [0.15, 0.2) is 29.2 Å². The molecule has 1 N–H and O–H groups in total. The molecule has 178 valence electrons. The molecule has 0 radical (unpaired) electrons. The first-order valence-electron chi connectivity index (χ1n) is 9.90. The summed E-state index contributed by atoms with van der Waals surface area (Å²) in [5, 5.41) is 0. The Morgan fingerprint density at radius 3 is 1.84 bits per heavy atom. The van der Waals surface area contributed by atoms with Crippen molar-refractivity contribution in [2.75, 3.05) is 52.9 Å². The molecule has 0 saturated heterocycles. The summed E-state index contributed by atoms with van der Waals surface area (Å²) in [5.74, 6) is -0.427. The number of carbonyl (C=O) groups excluding carboxylic acids is 1. The first kappa shape index (κ1) is 27.4. The molecule has 0 aliphatic heterocycles. The Balaban J connectivity index is 1.89. The van der Waals surface area contributed by atoms with E-state index in [9.17, 15) is 13.2 Å². The van der Waals surface area contributed by atoms with E-state index in [0.717, 1.165) is 5.56 Å². The summed E-state index contributed by atoms with van der Waals surface area (Å²) in [5.41, 5.74) is 2.48. The third-order valence-electron chi connectivity index (χ3n) is 3.66. The number of ether oxygens (including phenoxy) is 3. The van der Waals surface area contributed by atoms with Crippen LogP contribution >= 0.6 is 0 Å². The summed E-state index contributed by atoms with van der Waals surface area (Å²) >= 11 is 0. The second-order valence-corrected chi connectivity index (χ2v) is 9.11. The smallest absolute Gasteiger partial charge is 0.333 e. The molecule has 0 spiro atoms. The van der Waals surface area contributed by atoms with E-state index in [4.69, 9.17) is 28.1 Å². The van der Waals surface area contributed by atoms with E-state index in [1.165, 1.54) is 12.1 Å². The zero-order chi connectivity index (χ0) is 23.2. The van der Waals surface area contributed by atoms with E-state index in [-0.39, 0.29) is 24.7 Å². The van der Waals surface area contributed by atoms with Gasteiger partial charge in [-0.05, 0) is 45.5 Å². The molecular weight excluding hydrogens is 430 g/mol. The molecule has 0 heterocycles.